The Hall–Kier alpha value is -1.78. The summed E-state index contributed by atoms with van der Waals surface area (Å²) in [5, 5.41) is 11.3. The van der Waals surface area contributed by atoms with Crippen molar-refractivity contribution < 1.29 is 22.7 Å². The van der Waals surface area contributed by atoms with Gasteiger partial charge < -0.3 is 15.4 Å². The number of alkyl halides is 3. The Morgan fingerprint density at radius 2 is 2.32 bits per heavy atom. The maximum absolute atomic E-state index is 13.7. The van der Waals surface area contributed by atoms with E-state index in [2.05, 4.69) is 15.7 Å². The Morgan fingerprint density at radius 3 is 2.96 bits per heavy atom. The highest BCUT2D eigenvalue weighted by Gasteiger charge is 2.48. The Labute approximate surface area is 168 Å². The van der Waals surface area contributed by atoms with Crippen molar-refractivity contribution in [3.05, 3.63) is 33.1 Å². The molecule has 2 aliphatic heterocycles. The van der Waals surface area contributed by atoms with E-state index >= 15 is 0 Å². The van der Waals surface area contributed by atoms with Crippen LogP contribution in [0.2, 0.25) is 5.02 Å². The number of rotatable bonds is 4. The van der Waals surface area contributed by atoms with Crippen LogP contribution >= 0.6 is 22.9 Å². The van der Waals surface area contributed by atoms with Gasteiger partial charge in [-0.25, -0.2) is 4.68 Å². The van der Waals surface area contributed by atoms with E-state index in [1.165, 1.54) is 11.3 Å². The summed E-state index contributed by atoms with van der Waals surface area (Å²) in [7, 11) is 0. The van der Waals surface area contributed by atoms with Crippen LogP contribution in [0.4, 0.5) is 19.0 Å². The summed E-state index contributed by atoms with van der Waals surface area (Å²) in [6.45, 7) is 0.909. The van der Waals surface area contributed by atoms with E-state index in [0.717, 1.165) is 22.4 Å². The lowest BCUT2D eigenvalue weighted by Gasteiger charge is -2.32. The maximum Gasteiger partial charge on any atom is 0.410 e. The predicted molar refractivity (Wildman–Crippen MR) is 98.9 cm³/mol. The number of thiophene rings is 1. The van der Waals surface area contributed by atoms with Gasteiger partial charge in [-0.15, -0.1) is 11.3 Å². The molecule has 3 atom stereocenters. The first-order valence-electron chi connectivity index (χ1n) is 8.89. The highest BCUT2D eigenvalue weighted by atomic mass is 35.5. The Morgan fingerprint density at radius 1 is 1.50 bits per heavy atom. The van der Waals surface area contributed by atoms with Crippen molar-refractivity contribution in [3.8, 4) is 0 Å². The number of amides is 1. The van der Waals surface area contributed by atoms with Gasteiger partial charge in [-0.05, 0) is 24.3 Å². The molecule has 6 nitrogen and oxygen atoms in total. The summed E-state index contributed by atoms with van der Waals surface area (Å²) < 4.78 is 47.3. The SMILES string of the molecule is O=C(NC[C@@H]1CCCO1)c1nn2c(c1Cl)N[C@@H](c1cccs1)C[C@@H]2C(F)(F)F. The van der Waals surface area contributed by atoms with E-state index in [9.17, 15) is 18.0 Å². The van der Waals surface area contributed by atoms with E-state index in [0.29, 0.717) is 6.61 Å². The minimum atomic E-state index is -4.52. The van der Waals surface area contributed by atoms with Gasteiger partial charge in [-0.1, -0.05) is 17.7 Å². The number of aromatic nitrogens is 2. The van der Waals surface area contributed by atoms with E-state index < -0.39 is 24.2 Å². The topological polar surface area (TPSA) is 68.2 Å². The van der Waals surface area contributed by atoms with Crippen LogP contribution in [0.5, 0.6) is 0 Å². The number of anilines is 1. The lowest BCUT2D eigenvalue weighted by molar-refractivity contribution is -0.173. The monoisotopic (exact) mass is 434 g/mol. The minimum Gasteiger partial charge on any atom is -0.376 e. The molecule has 2 N–H and O–H groups in total. The van der Waals surface area contributed by atoms with Crippen molar-refractivity contribution >= 4 is 34.7 Å². The number of hydrogen-bond acceptors (Lipinski definition) is 5. The highest BCUT2D eigenvalue weighted by molar-refractivity contribution is 7.10. The summed E-state index contributed by atoms with van der Waals surface area (Å²) in [4.78, 5) is 13.2. The van der Waals surface area contributed by atoms with Gasteiger partial charge in [0.05, 0.1) is 12.1 Å². The van der Waals surface area contributed by atoms with Crippen molar-refractivity contribution in [1.82, 2.24) is 15.1 Å². The van der Waals surface area contributed by atoms with Crippen LogP contribution in [0.15, 0.2) is 17.5 Å². The van der Waals surface area contributed by atoms with Crippen LogP contribution in [0.1, 0.15) is 46.7 Å². The number of hydrogen-bond donors (Lipinski definition) is 2. The van der Waals surface area contributed by atoms with Crippen LogP contribution in [0.25, 0.3) is 0 Å². The van der Waals surface area contributed by atoms with Crippen molar-refractivity contribution in [2.45, 2.75) is 43.6 Å². The van der Waals surface area contributed by atoms with Gasteiger partial charge in [0.15, 0.2) is 11.7 Å². The third-order valence-electron chi connectivity index (χ3n) is 4.91. The molecule has 0 radical (unpaired) electrons. The van der Waals surface area contributed by atoms with Crippen LogP contribution in [-0.2, 0) is 4.74 Å². The van der Waals surface area contributed by atoms with Gasteiger partial charge >= 0.3 is 6.18 Å². The quantitative estimate of drug-likeness (QED) is 0.758. The molecule has 1 saturated heterocycles. The molecule has 0 aliphatic carbocycles. The van der Waals surface area contributed by atoms with E-state index in [-0.39, 0.29) is 35.6 Å². The largest absolute Gasteiger partial charge is 0.410 e. The molecule has 0 unspecified atom stereocenters. The van der Waals surface area contributed by atoms with Crippen LogP contribution in [0, 0.1) is 0 Å². The summed E-state index contributed by atoms with van der Waals surface area (Å²) in [6.07, 6.45) is -3.10. The normalized spacial score (nSPS) is 24.6. The predicted octanol–water partition coefficient (Wildman–Crippen LogP) is 4.17. The maximum atomic E-state index is 13.7. The molecule has 0 aromatic carbocycles. The average molecular weight is 435 g/mol. The molecular formula is C17H18ClF3N4O2S. The zero-order chi connectivity index (χ0) is 19.9. The fourth-order valence-corrected chi connectivity index (χ4v) is 4.56. The van der Waals surface area contributed by atoms with Crippen LogP contribution in [0.3, 0.4) is 0 Å². The molecule has 28 heavy (non-hydrogen) atoms. The molecule has 4 heterocycles. The second-order valence-corrected chi connectivity index (χ2v) is 8.16. The Bertz CT molecular complexity index is 849. The molecule has 0 spiro atoms. The van der Waals surface area contributed by atoms with Crippen molar-refractivity contribution in [1.29, 1.82) is 0 Å². The number of carbonyl (C=O) groups excluding carboxylic acids is 1. The smallest absolute Gasteiger partial charge is 0.376 e. The molecule has 2 aromatic rings. The minimum absolute atomic E-state index is 0.0101. The number of carbonyl (C=O) groups is 1. The third kappa shape index (κ3) is 3.72. The van der Waals surface area contributed by atoms with Crippen molar-refractivity contribution in [3.63, 3.8) is 0 Å². The summed E-state index contributed by atoms with van der Waals surface area (Å²) in [5.41, 5.74) is -0.219. The molecular weight excluding hydrogens is 417 g/mol. The highest BCUT2D eigenvalue weighted by Crippen LogP contribution is 2.46. The molecule has 0 saturated carbocycles. The standard InChI is InChI=1S/C17H18ClF3N4O2S/c18-13-14(16(26)22-8-9-3-1-5-27-9)24-25-12(17(19,20)21)7-10(23-15(13)25)11-4-2-6-28-11/h2,4,6,9-10,12,23H,1,3,5,7-8H2,(H,22,26)/t9-,10+,12+/m0/s1. The van der Waals surface area contributed by atoms with Gasteiger partial charge in [0, 0.05) is 24.4 Å². The first kappa shape index (κ1) is 19.5. The Kier molecular flexibility index (Phi) is 5.28. The number of nitrogens with one attached hydrogen (secondary N) is 2. The van der Waals surface area contributed by atoms with Gasteiger partial charge in [0.2, 0.25) is 0 Å². The second-order valence-electron chi connectivity index (χ2n) is 6.81. The number of nitrogens with zero attached hydrogens (tertiary/aromatic N) is 2. The van der Waals surface area contributed by atoms with E-state index in [1.807, 2.05) is 0 Å². The fraction of sp³-hybridized carbons (Fsp3) is 0.529. The summed E-state index contributed by atoms with van der Waals surface area (Å²) in [6, 6.07) is 1.12. The first-order chi connectivity index (χ1) is 13.3. The van der Waals surface area contributed by atoms with E-state index in [1.54, 1.807) is 17.5 Å². The average Bonchev–Trinajstić information content (AvgIpc) is 3.40. The third-order valence-corrected chi connectivity index (χ3v) is 6.26. The van der Waals surface area contributed by atoms with Crippen molar-refractivity contribution in [2.24, 2.45) is 0 Å². The molecule has 1 fully saturated rings. The molecule has 2 aromatic heterocycles. The van der Waals surface area contributed by atoms with E-state index in [4.69, 9.17) is 16.3 Å². The molecule has 11 heteroatoms. The molecule has 0 bridgehead atoms. The summed E-state index contributed by atoms with van der Waals surface area (Å²) in [5.74, 6) is -0.603. The van der Waals surface area contributed by atoms with Crippen LogP contribution < -0.4 is 10.6 Å². The summed E-state index contributed by atoms with van der Waals surface area (Å²) >= 11 is 7.63. The van der Waals surface area contributed by atoms with Gasteiger partial charge in [0.1, 0.15) is 10.8 Å². The Balaban J connectivity index is 1.61. The van der Waals surface area contributed by atoms with Crippen LogP contribution in [-0.4, -0.2) is 41.1 Å². The lowest BCUT2D eigenvalue weighted by Crippen LogP contribution is -2.36. The first-order valence-corrected chi connectivity index (χ1v) is 10.1. The second kappa shape index (κ2) is 7.57. The number of halogens is 4. The van der Waals surface area contributed by atoms with Gasteiger partial charge in [-0.2, -0.15) is 18.3 Å². The molecule has 1 amide bonds. The zero-order valence-electron chi connectivity index (χ0n) is 14.6. The number of fused-ring (bicyclic) bond motifs is 1. The van der Waals surface area contributed by atoms with Gasteiger partial charge in [0.25, 0.3) is 5.91 Å². The molecule has 2 aliphatic rings. The molecule has 4 rings (SSSR count). The number of ether oxygens (including phenoxy) is 1. The molecule has 152 valence electrons. The van der Waals surface area contributed by atoms with Crippen molar-refractivity contribution in [2.75, 3.05) is 18.5 Å². The lowest BCUT2D eigenvalue weighted by atomic mass is 10.0. The fourth-order valence-electron chi connectivity index (χ4n) is 3.51. The zero-order valence-corrected chi connectivity index (χ0v) is 16.2. The van der Waals surface area contributed by atoms with Gasteiger partial charge in [-0.3, -0.25) is 4.79 Å².